The lowest BCUT2D eigenvalue weighted by Gasteiger charge is -2.09. The third-order valence-corrected chi connectivity index (χ3v) is 5.16. The van der Waals surface area contributed by atoms with Gasteiger partial charge in [-0.15, -0.1) is 5.10 Å². The molecular formula is C21H25FN6O2S. The number of ether oxygens (including phenoxy) is 1. The normalized spacial score (nSPS) is 11.0. The molecule has 0 fully saturated rings. The van der Waals surface area contributed by atoms with Crippen molar-refractivity contribution in [2.45, 2.75) is 38.1 Å². The van der Waals surface area contributed by atoms with Crippen molar-refractivity contribution in [1.82, 2.24) is 30.3 Å². The molecule has 2 heterocycles. The highest BCUT2D eigenvalue weighted by molar-refractivity contribution is 7.98. The zero-order valence-electron chi connectivity index (χ0n) is 17.8. The molecule has 3 rings (SSSR count). The van der Waals surface area contributed by atoms with Crippen LogP contribution in [0.25, 0.3) is 5.69 Å². The molecule has 0 aliphatic heterocycles. The SMILES string of the molecule is CCOCCCNC(=O)c1nnn(-c2ccc(F)cc2)c1CSc1nc(C)cc(C)n1. The number of nitrogens with zero attached hydrogens (tertiary/aromatic N) is 5. The Labute approximate surface area is 184 Å². The Morgan fingerprint density at radius 2 is 1.90 bits per heavy atom. The van der Waals surface area contributed by atoms with Gasteiger partial charge < -0.3 is 10.1 Å². The standard InChI is InChI=1S/C21H25FN6O2S/c1-4-30-11-5-10-23-20(29)19-18(13-31-21-24-14(2)12-15(3)25-21)28(27-26-19)17-8-6-16(22)7-9-17/h6-9,12H,4-5,10-11,13H2,1-3H3,(H,23,29). The molecular weight excluding hydrogens is 419 g/mol. The van der Waals surface area contributed by atoms with Crippen molar-refractivity contribution in [2.24, 2.45) is 0 Å². The molecule has 3 aromatic rings. The number of amides is 1. The van der Waals surface area contributed by atoms with Gasteiger partial charge in [-0.05, 0) is 57.5 Å². The number of benzene rings is 1. The summed E-state index contributed by atoms with van der Waals surface area (Å²) in [6, 6.07) is 7.77. The first-order chi connectivity index (χ1) is 15.0. The highest BCUT2D eigenvalue weighted by Crippen LogP contribution is 2.23. The van der Waals surface area contributed by atoms with Gasteiger partial charge in [-0.3, -0.25) is 4.79 Å². The van der Waals surface area contributed by atoms with Crippen LogP contribution >= 0.6 is 11.8 Å². The van der Waals surface area contributed by atoms with Gasteiger partial charge in [-0.25, -0.2) is 19.0 Å². The Kier molecular flexibility index (Phi) is 8.07. The van der Waals surface area contributed by atoms with Gasteiger partial charge in [0.25, 0.3) is 5.91 Å². The van der Waals surface area contributed by atoms with E-state index in [1.54, 1.807) is 16.8 Å². The molecule has 0 bridgehead atoms. The Morgan fingerprint density at radius 1 is 1.19 bits per heavy atom. The van der Waals surface area contributed by atoms with Gasteiger partial charge >= 0.3 is 0 Å². The zero-order valence-corrected chi connectivity index (χ0v) is 18.6. The number of hydrogen-bond acceptors (Lipinski definition) is 7. The highest BCUT2D eigenvalue weighted by Gasteiger charge is 2.21. The monoisotopic (exact) mass is 444 g/mol. The molecule has 31 heavy (non-hydrogen) atoms. The van der Waals surface area contributed by atoms with Crippen molar-refractivity contribution in [1.29, 1.82) is 0 Å². The fraction of sp³-hybridized carbons (Fsp3) is 0.381. The number of hydrogen-bond donors (Lipinski definition) is 1. The van der Waals surface area contributed by atoms with Gasteiger partial charge in [0.15, 0.2) is 10.9 Å². The van der Waals surface area contributed by atoms with E-state index in [1.165, 1.54) is 23.9 Å². The lowest BCUT2D eigenvalue weighted by Crippen LogP contribution is -2.26. The molecule has 0 radical (unpaired) electrons. The molecule has 0 saturated heterocycles. The highest BCUT2D eigenvalue weighted by atomic mass is 32.2. The van der Waals surface area contributed by atoms with E-state index in [0.717, 1.165) is 11.4 Å². The fourth-order valence-electron chi connectivity index (χ4n) is 2.89. The van der Waals surface area contributed by atoms with Crippen LogP contribution in [0.4, 0.5) is 4.39 Å². The zero-order chi connectivity index (χ0) is 22.2. The summed E-state index contributed by atoms with van der Waals surface area (Å²) in [4.78, 5) is 21.6. The molecule has 2 aromatic heterocycles. The van der Waals surface area contributed by atoms with E-state index >= 15 is 0 Å². The average molecular weight is 445 g/mol. The molecule has 8 nitrogen and oxygen atoms in total. The largest absolute Gasteiger partial charge is 0.382 e. The Bertz CT molecular complexity index is 1000. The molecule has 0 aliphatic carbocycles. The van der Waals surface area contributed by atoms with Crippen LogP contribution in [0.2, 0.25) is 0 Å². The van der Waals surface area contributed by atoms with Crippen LogP contribution in [-0.2, 0) is 10.5 Å². The van der Waals surface area contributed by atoms with Crippen LogP contribution in [0.1, 0.15) is 40.9 Å². The van der Waals surface area contributed by atoms with Crippen LogP contribution in [0.15, 0.2) is 35.5 Å². The molecule has 0 aliphatic rings. The molecule has 10 heteroatoms. The molecule has 0 unspecified atom stereocenters. The maximum Gasteiger partial charge on any atom is 0.273 e. The van der Waals surface area contributed by atoms with Crippen LogP contribution in [-0.4, -0.2) is 50.6 Å². The number of rotatable bonds is 10. The third-order valence-electron chi connectivity index (χ3n) is 4.30. The van der Waals surface area contributed by atoms with Crippen LogP contribution in [0.5, 0.6) is 0 Å². The molecule has 1 amide bonds. The van der Waals surface area contributed by atoms with Gasteiger partial charge in [-0.2, -0.15) is 0 Å². The van der Waals surface area contributed by atoms with Crippen molar-refractivity contribution >= 4 is 17.7 Å². The molecule has 1 N–H and O–H groups in total. The van der Waals surface area contributed by atoms with Crippen LogP contribution in [0, 0.1) is 19.7 Å². The minimum atomic E-state index is -0.351. The summed E-state index contributed by atoms with van der Waals surface area (Å²) in [6.45, 7) is 7.42. The smallest absolute Gasteiger partial charge is 0.273 e. The van der Waals surface area contributed by atoms with E-state index in [4.69, 9.17) is 4.74 Å². The fourth-order valence-corrected chi connectivity index (χ4v) is 3.83. The maximum atomic E-state index is 13.4. The summed E-state index contributed by atoms with van der Waals surface area (Å²) < 4.78 is 20.2. The first-order valence-corrected chi connectivity index (χ1v) is 11.0. The summed E-state index contributed by atoms with van der Waals surface area (Å²) >= 11 is 1.39. The van der Waals surface area contributed by atoms with E-state index in [-0.39, 0.29) is 17.4 Å². The number of carbonyl (C=O) groups is 1. The summed E-state index contributed by atoms with van der Waals surface area (Å²) in [5.74, 6) is -0.299. The first kappa shape index (κ1) is 22.8. The summed E-state index contributed by atoms with van der Waals surface area (Å²) in [5, 5.41) is 11.7. The number of thioether (sulfide) groups is 1. The Balaban J connectivity index is 1.82. The van der Waals surface area contributed by atoms with E-state index < -0.39 is 0 Å². The van der Waals surface area contributed by atoms with E-state index in [0.29, 0.717) is 48.5 Å². The Morgan fingerprint density at radius 3 is 2.58 bits per heavy atom. The molecule has 0 atom stereocenters. The van der Waals surface area contributed by atoms with Crippen molar-refractivity contribution < 1.29 is 13.9 Å². The quantitative estimate of drug-likeness (QED) is 0.291. The minimum absolute atomic E-state index is 0.220. The second-order valence-electron chi connectivity index (χ2n) is 6.80. The molecule has 0 saturated carbocycles. The predicted molar refractivity (Wildman–Crippen MR) is 116 cm³/mol. The van der Waals surface area contributed by atoms with E-state index in [9.17, 15) is 9.18 Å². The summed E-state index contributed by atoms with van der Waals surface area (Å²) in [6.07, 6.45) is 0.701. The summed E-state index contributed by atoms with van der Waals surface area (Å²) in [7, 11) is 0. The van der Waals surface area contributed by atoms with Gasteiger partial charge in [0.2, 0.25) is 0 Å². The average Bonchev–Trinajstić information content (AvgIpc) is 3.16. The second-order valence-corrected chi connectivity index (χ2v) is 7.74. The second kappa shape index (κ2) is 11.0. The van der Waals surface area contributed by atoms with E-state index in [1.807, 2.05) is 26.8 Å². The topological polar surface area (TPSA) is 94.8 Å². The lowest BCUT2D eigenvalue weighted by molar-refractivity contribution is 0.0938. The molecule has 164 valence electrons. The van der Waals surface area contributed by atoms with E-state index in [2.05, 4.69) is 25.6 Å². The van der Waals surface area contributed by atoms with Crippen molar-refractivity contribution in [3.05, 3.63) is 58.9 Å². The van der Waals surface area contributed by atoms with Crippen molar-refractivity contribution in [2.75, 3.05) is 19.8 Å². The lowest BCUT2D eigenvalue weighted by atomic mass is 10.2. The van der Waals surface area contributed by atoms with Crippen LogP contribution in [0.3, 0.4) is 0 Å². The van der Waals surface area contributed by atoms with Gasteiger partial charge in [-0.1, -0.05) is 17.0 Å². The molecule has 1 aromatic carbocycles. The Hall–Kier alpha value is -2.85. The number of nitrogens with one attached hydrogen (secondary N) is 1. The third kappa shape index (κ3) is 6.31. The van der Waals surface area contributed by atoms with Crippen molar-refractivity contribution in [3.63, 3.8) is 0 Å². The maximum absolute atomic E-state index is 13.4. The first-order valence-electron chi connectivity index (χ1n) is 9.99. The molecule has 0 spiro atoms. The van der Waals surface area contributed by atoms with Crippen LogP contribution < -0.4 is 5.32 Å². The number of aryl methyl sites for hydroxylation is 2. The number of aromatic nitrogens is 5. The van der Waals surface area contributed by atoms with Crippen molar-refractivity contribution in [3.8, 4) is 5.69 Å². The number of halogens is 1. The predicted octanol–water partition coefficient (Wildman–Crippen LogP) is 3.26. The van der Waals surface area contributed by atoms with Gasteiger partial charge in [0.05, 0.1) is 11.4 Å². The van der Waals surface area contributed by atoms with Gasteiger partial charge in [0, 0.05) is 36.9 Å². The van der Waals surface area contributed by atoms with Gasteiger partial charge in [0.1, 0.15) is 5.82 Å². The summed E-state index contributed by atoms with van der Waals surface area (Å²) in [5.41, 5.74) is 3.15. The number of carbonyl (C=O) groups excluding carboxylic acids is 1. The minimum Gasteiger partial charge on any atom is -0.382 e.